The van der Waals surface area contributed by atoms with Gasteiger partial charge >= 0.3 is 0 Å². The first-order valence-electron chi connectivity index (χ1n) is 10.7. The summed E-state index contributed by atoms with van der Waals surface area (Å²) in [6.07, 6.45) is 0.641. The molecular formula is C25H29ClN2O6. The standard InChI is InChI=1S/C25H29ClN2O6/c1-27(2)11-6-12-28-21(16-13-18(32-3)24(34-5)19(14-16)33-4)20(23(30)25(28)31)22(29)15-7-9-17(26)10-8-15/h7-10,13-14,21,29H,6,11-12H2,1-5H3/b22-20+/t21-/m1/s1. The molecule has 1 heterocycles. The van der Waals surface area contributed by atoms with Crippen molar-refractivity contribution < 1.29 is 28.9 Å². The number of halogens is 1. The van der Waals surface area contributed by atoms with Gasteiger partial charge in [-0.05, 0) is 69.0 Å². The van der Waals surface area contributed by atoms with Gasteiger partial charge in [0.05, 0.1) is 32.9 Å². The fraction of sp³-hybridized carbons (Fsp3) is 0.360. The van der Waals surface area contributed by atoms with E-state index in [1.807, 2.05) is 19.0 Å². The summed E-state index contributed by atoms with van der Waals surface area (Å²) < 4.78 is 16.4. The van der Waals surface area contributed by atoms with Crippen LogP contribution in [0.4, 0.5) is 0 Å². The Bertz CT molecular complexity index is 1070. The van der Waals surface area contributed by atoms with Crippen molar-refractivity contribution >= 4 is 29.1 Å². The maximum atomic E-state index is 13.2. The third-order valence-electron chi connectivity index (χ3n) is 5.66. The molecule has 1 atom stereocenters. The molecule has 0 aliphatic carbocycles. The number of methoxy groups -OCH3 is 3. The number of carbonyl (C=O) groups is 2. The Kier molecular flexibility index (Phi) is 8.06. The average Bonchev–Trinajstić information content (AvgIpc) is 3.07. The van der Waals surface area contributed by atoms with Gasteiger partial charge in [-0.1, -0.05) is 11.6 Å². The van der Waals surface area contributed by atoms with Crippen LogP contribution in [0.3, 0.4) is 0 Å². The van der Waals surface area contributed by atoms with Crippen LogP contribution in [0.2, 0.25) is 5.02 Å². The van der Waals surface area contributed by atoms with Crippen LogP contribution in [0.25, 0.3) is 5.76 Å². The summed E-state index contributed by atoms with van der Waals surface area (Å²) in [7, 11) is 8.34. The summed E-state index contributed by atoms with van der Waals surface area (Å²) in [5.74, 6) is -0.562. The lowest BCUT2D eigenvalue weighted by atomic mass is 9.94. The van der Waals surface area contributed by atoms with E-state index in [1.165, 1.54) is 26.2 Å². The molecule has 0 aromatic heterocycles. The molecular weight excluding hydrogens is 460 g/mol. The molecule has 0 unspecified atom stereocenters. The normalized spacial score (nSPS) is 17.4. The molecule has 34 heavy (non-hydrogen) atoms. The molecule has 9 heteroatoms. The minimum atomic E-state index is -0.841. The number of amides is 1. The molecule has 1 fully saturated rings. The Morgan fingerprint density at radius 3 is 2.12 bits per heavy atom. The molecule has 8 nitrogen and oxygen atoms in total. The quantitative estimate of drug-likeness (QED) is 0.327. The number of ketones is 1. The monoisotopic (exact) mass is 488 g/mol. The van der Waals surface area contributed by atoms with Crippen LogP contribution >= 0.6 is 11.6 Å². The van der Waals surface area contributed by atoms with Crippen LogP contribution in [0.1, 0.15) is 23.6 Å². The minimum Gasteiger partial charge on any atom is -0.507 e. The van der Waals surface area contributed by atoms with Crippen molar-refractivity contribution in [2.45, 2.75) is 12.5 Å². The number of aliphatic hydroxyl groups excluding tert-OH is 1. The van der Waals surface area contributed by atoms with Crippen LogP contribution in [0, 0.1) is 0 Å². The largest absolute Gasteiger partial charge is 0.507 e. The van der Waals surface area contributed by atoms with E-state index in [0.29, 0.717) is 46.4 Å². The van der Waals surface area contributed by atoms with E-state index in [1.54, 1.807) is 36.4 Å². The van der Waals surface area contributed by atoms with Crippen molar-refractivity contribution in [1.82, 2.24) is 9.80 Å². The van der Waals surface area contributed by atoms with Gasteiger partial charge in [0.15, 0.2) is 11.5 Å². The first kappa shape index (κ1) is 25.4. The molecule has 1 aliphatic heterocycles. The number of benzene rings is 2. The number of aliphatic hydroxyl groups is 1. The van der Waals surface area contributed by atoms with Crippen molar-refractivity contribution in [3.05, 3.63) is 58.1 Å². The van der Waals surface area contributed by atoms with E-state index < -0.39 is 17.7 Å². The topological polar surface area (TPSA) is 88.5 Å². The van der Waals surface area contributed by atoms with Gasteiger partial charge in [-0.2, -0.15) is 0 Å². The minimum absolute atomic E-state index is 0.00792. The Balaban J connectivity index is 2.21. The molecule has 0 bridgehead atoms. The SMILES string of the molecule is COc1cc([C@@H]2/C(=C(\O)c3ccc(Cl)cc3)C(=O)C(=O)N2CCCN(C)C)cc(OC)c1OC. The van der Waals surface area contributed by atoms with E-state index in [-0.39, 0.29) is 11.3 Å². The van der Waals surface area contributed by atoms with E-state index in [9.17, 15) is 14.7 Å². The van der Waals surface area contributed by atoms with E-state index in [0.717, 1.165) is 6.54 Å². The summed E-state index contributed by atoms with van der Waals surface area (Å²) >= 11 is 5.98. The molecule has 2 aromatic rings. The maximum Gasteiger partial charge on any atom is 0.295 e. The van der Waals surface area contributed by atoms with Gasteiger partial charge in [0, 0.05) is 17.1 Å². The summed E-state index contributed by atoms with van der Waals surface area (Å²) in [4.78, 5) is 29.8. The highest BCUT2D eigenvalue weighted by atomic mass is 35.5. The van der Waals surface area contributed by atoms with Gasteiger partial charge in [-0.15, -0.1) is 0 Å². The highest BCUT2D eigenvalue weighted by Gasteiger charge is 2.46. The third kappa shape index (κ3) is 4.98. The van der Waals surface area contributed by atoms with Crippen molar-refractivity contribution in [1.29, 1.82) is 0 Å². The zero-order valence-corrected chi connectivity index (χ0v) is 20.7. The zero-order chi connectivity index (χ0) is 25.0. The molecule has 1 N–H and O–H groups in total. The van der Waals surface area contributed by atoms with Crippen LogP contribution in [-0.4, -0.2) is 75.1 Å². The lowest BCUT2D eigenvalue weighted by molar-refractivity contribution is -0.139. The molecule has 182 valence electrons. The Morgan fingerprint density at radius 2 is 1.62 bits per heavy atom. The molecule has 0 saturated carbocycles. The number of hydrogen-bond acceptors (Lipinski definition) is 7. The van der Waals surface area contributed by atoms with E-state index >= 15 is 0 Å². The number of carbonyl (C=O) groups excluding carboxylic acids is 2. The van der Waals surface area contributed by atoms with Gasteiger partial charge in [0.2, 0.25) is 5.75 Å². The molecule has 0 spiro atoms. The summed E-state index contributed by atoms with van der Waals surface area (Å²) in [6, 6.07) is 8.95. The lowest BCUT2D eigenvalue weighted by Gasteiger charge is -2.27. The van der Waals surface area contributed by atoms with Gasteiger partial charge in [-0.25, -0.2) is 0 Å². The predicted octanol–water partition coefficient (Wildman–Crippen LogP) is 3.74. The molecule has 0 radical (unpaired) electrons. The summed E-state index contributed by atoms with van der Waals surface area (Å²) in [6.45, 7) is 1.05. The third-order valence-corrected chi connectivity index (χ3v) is 5.92. The number of hydrogen-bond donors (Lipinski definition) is 1. The van der Waals surface area contributed by atoms with Gasteiger partial charge in [0.25, 0.3) is 11.7 Å². The lowest BCUT2D eigenvalue weighted by Crippen LogP contribution is -2.32. The highest BCUT2D eigenvalue weighted by molar-refractivity contribution is 6.46. The van der Waals surface area contributed by atoms with Crippen molar-refractivity contribution in [2.75, 3.05) is 48.5 Å². The molecule has 2 aromatic carbocycles. The van der Waals surface area contributed by atoms with Crippen molar-refractivity contribution in [3.63, 3.8) is 0 Å². The maximum absolute atomic E-state index is 13.2. The van der Waals surface area contributed by atoms with Crippen molar-refractivity contribution in [2.24, 2.45) is 0 Å². The molecule has 1 aliphatic rings. The number of rotatable bonds is 9. The Morgan fingerprint density at radius 1 is 1.03 bits per heavy atom. The first-order valence-corrected chi connectivity index (χ1v) is 11.1. The van der Waals surface area contributed by atoms with Gasteiger partial charge in [0.1, 0.15) is 5.76 Å². The number of ether oxygens (including phenoxy) is 3. The Labute approximate surface area is 204 Å². The molecule has 1 saturated heterocycles. The smallest absolute Gasteiger partial charge is 0.295 e. The van der Waals surface area contributed by atoms with E-state index in [4.69, 9.17) is 25.8 Å². The molecule has 3 rings (SSSR count). The summed E-state index contributed by atoms with van der Waals surface area (Å²) in [5.41, 5.74) is 0.925. The zero-order valence-electron chi connectivity index (χ0n) is 19.9. The first-order chi connectivity index (χ1) is 16.2. The second kappa shape index (κ2) is 10.8. The summed E-state index contributed by atoms with van der Waals surface area (Å²) in [5, 5.41) is 11.6. The second-order valence-electron chi connectivity index (χ2n) is 8.11. The average molecular weight is 489 g/mol. The van der Waals surface area contributed by atoms with Crippen LogP contribution in [0.5, 0.6) is 17.2 Å². The van der Waals surface area contributed by atoms with Crippen molar-refractivity contribution in [3.8, 4) is 17.2 Å². The number of likely N-dealkylation sites (tertiary alicyclic amines) is 1. The second-order valence-corrected chi connectivity index (χ2v) is 8.55. The number of nitrogens with zero attached hydrogens (tertiary/aromatic N) is 2. The van der Waals surface area contributed by atoms with Crippen LogP contribution < -0.4 is 14.2 Å². The van der Waals surface area contributed by atoms with Crippen LogP contribution in [0.15, 0.2) is 42.0 Å². The predicted molar refractivity (Wildman–Crippen MR) is 130 cm³/mol. The number of Topliss-reactive ketones (excluding diaryl/α,β-unsaturated/α-hetero) is 1. The fourth-order valence-corrected chi connectivity index (χ4v) is 4.16. The van der Waals surface area contributed by atoms with E-state index in [2.05, 4.69) is 0 Å². The molecule has 1 amide bonds. The van der Waals surface area contributed by atoms with Gasteiger partial charge in [-0.3, -0.25) is 9.59 Å². The Hall–Kier alpha value is -3.23. The van der Waals surface area contributed by atoms with Crippen LogP contribution in [-0.2, 0) is 9.59 Å². The fourth-order valence-electron chi connectivity index (χ4n) is 4.04. The highest BCUT2D eigenvalue weighted by Crippen LogP contribution is 2.45. The van der Waals surface area contributed by atoms with Gasteiger partial charge < -0.3 is 29.1 Å².